The van der Waals surface area contributed by atoms with Gasteiger partial charge >= 0.3 is 0 Å². The third-order valence-corrected chi connectivity index (χ3v) is 2.77. The zero-order valence-corrected chi connectivity index (χ0v) is 8.88. The molecule has 1 aliphatic rings. The van der Waals surface area contributed by atoms with Gasteiger partial charge in [0.05, 0.1) is 0 Å². The van der Waals surface area contributed by atoms with Crippen LogP contribution < -0.4 is 11.1 Å². The Hall–Kier alpha value is -1.02. The van der Waals surface area contributed by atoms with Crippen LogP contribution in [0.15, 0.2) is 18.2 Å². The maximum absolute atomic E-state index is 5.74. The predicted octanol–water partition coefficient (Wildman–Crippen LogP) is 2.21. The molecule has 2 heteroatoms. The van der Waals surface area contributed by atoms with Gasteiger partial charge in [-0.2, -0.15) is 0 Å². The Bertz CT molecular complexity index is 307. The molecular weight excluding hydrogens is 172 g/mol. The molecule has 0 heterocycles. The van der Waals surface area contributed by atoms with Crippen molar-refractivity contribution in [3.63, 3.8) is 0 Å². The molecule has 76 valence electrons. The van der Waals surface area contributed by atoms with Crippen molar-refractivity contribution in [2.75, 3.05) is 5.32 Å². The van der Waals surface area contributed by atoms with Crippen LogP contribution in [0.2, 0.25) is 0 Å². The average Bonchev–Trinajstić information content (AvgIpc) is 1.99. The highest BCUT2D eigenvalue weighted by atomic mass is 15.0. The molecule has 1 aromatic carbocycles. The van der Waals surface area contributed by atoms with Crippen LogP contribution in [0.5, 0.6) is 0 Å². The van der Waals surface area contributed by atoms with Crippen molar-refractivity contribution in [2.45, 2.75) is 38.8 Å². The average molecular weight is 190 g/mol. The molecule has 0 aliphatic heterocycles. The van der Waals surface area contributed by atoms with Crippen LogP contribution in [0.3, 0.4) is 0 Å². The second-order valence-electron chi connectivity index (χ2n) is 4.45. The lowest BCUT2D eigenvalue weighted by atomic mass is 9.87. The molecule has 0 aromatic heterocycles. The van der Waals surface area contributed by atoms with E-state index in [0.29, 0.717) is 12.1 Å². The van der Waals surface area contributed by atoms with E-state index in [1.54, 1.807) is 0 Å². The van der Waals surface area contributed by atoms with Gasteiger partial charge in [0.25, 0.3) is 0 Å². The first-order valence-electron chi connectivity index (χ1n) is 5.24. The molecule has 3 N–H and O–H groups in total. The van der Waals surface area contributed by atoms with E-state index in [-0.39, 0.29) is 0 Å². The van der Waals surface area contributed by atoms with E-state index >= 15 is 0 Å². The van der Waals surface area contributed by atoms with Crippen LogP contribution in [0.25, 0.3) is 0 Å². The van der Waals surface area contributed by atoms with Gasteiger partial charge in [0.2, 0.25) is 0 Å². The van der Waals surface area contributed by atoms with Gasteiger partial charge in [0.1, 0.15) is 0 Å². The van der Waals surface area contributed by atoms with E-state index in [4.69, 9.17) is 5.73 Å². The lowest BCUT2D eigenvalue weighted by Crippen LogP contribution is -2.44. The number of nitrogens with two attached hydrogens (primary N) is 1. The van der Waals surface area contributed by atoms with Crippen LogP contribution in [0.1, 0.15) is 24.0 Å². The van der Waals surface area contributed by atoms with Crippen molar-refractivity contribution in [1.29, 1.82) is 0 Å². The number of benzene rings is 1. The van der Waals surface area contributed by atoms with Gasteiger partial charge in [-0.3, -0.25) is 0 Å². The van der Waals surface area contributed by atoms with E-state index in [1.165, 1.54) is 16.8 Å². The van der Waals surface area contributed by atoms with Crippen molar-refractivity contribution in [1.82, 2.24) is 0 Å². The summed E-state index contributed by atoms with van der Waals surface area (Å²) in [5.41, 5.74) is 9.61. The molecule has 2 nitrogen and oxygen atoms in total. The van der Waals surface area contributed by atoms with Gasteiger partial charge in [-0.1, -0.05) is 6.07 Å². The lowest BCUT2D eigenvalue weighted by molar-refractivity contribution is 0.373. The Morgan fingerprint density at radius 3 is 2.21 bits per heavy atom. The summed E-state index contributed by atoms with van der Waals surface area (Å²) in [6.07, 6.45) is 2.21. The highest BCUT2D eigenvalue weighted by Crippen LogP contribution is 2.23. The zero-order chi connectivity index (χ0) is 10.1. The molecule has 0 saturated heterocycles. The normalized spacial score (nSPS) is 25.6. The van der Waals surface area contributed by atoms with Gasteiger partial charge in [-0.15, -0.1) is 0 Å². The third-order valence-electron chi connectivity index (χ3n) is 2.77. The van der Waals surface area contributed by atoms with Gasteiger partial charge in [-0.25, -0.2) is 0 Å². The largest absolute Gasteiger partial charge is 0.382 e. The Morgan fingerprint density at radius 1 is 1.14 bits per heavy atom. The Kier molecular flexibility index (Phi) is 2.46. The zero-order valence-electron chi connectivity index (χ0n) is 8.88. The molecule has 0 unspecified atom stereocenters. The summed E-state index contributed by atoms with van der Waals surface area (Å²) >= 11 is 0. The summed E-state index contributed by atoms with van der Waals surface area (Å²) in [7, 11) is 0. The van der Waals surface area contributed by atoms with E-state index in [2.05, 4.69) is 37.4 Å². The maximum atomic E-state index is 5.74. The summed E-state index contributed by atoms with van der Waals surface area (Å²) in [5.74, 6) is 0. The number of nitrogens with one attached hydrogen (secondary N) is 1. The second-order valence-corrected chi connectivity index (χ2v) is 4.45. The van der Waals surface area contributed by atoms with Crippen LogP contribution in [0.4, 0.5) is 5.69 Å². The van der Waals surface area contributed by atoms with Crippen molar-refractivity contribution in [3.8, 4) is 0 Å². The van der Waals surface area contributed by atoms with Gasteiger partial charge in [0.15, 0.2) is 0 Å². The topological polar surface area (TPSA) is 38.0 Å². The number of hydrogen-bond donors (Lipinski definition) is 2. The van der Waals surface area contributed by atoms with Gasteiger partial charge < -0.3 is 11.1 Å². The van der Waals surface area contributed by atoms with E-state index in [1.807, 2.05) is 0 Å². The summed E-state index contributed by atoms with van der Waals surface area (Å²) in [6, 6.07) is 7.58. The molecule has 1 saturated carbocycles. The highest BCUT2D eigenvalue weighted by molar-refractivity contribution is 5.49. The minimum atomic E-state index is 0.415. The Balaban J connectivity index is 2.02. The molecule has 14 heavy (non-hydrogen) atoms. The molecule has 2 rings (SSSR count). The highest BCUT2D eigenvalue weighted by Gasteiger charge is 2.25. The quantitative estimate of drug-likeness (QED) is 0.750. The number of hydrogen-bond acceptors (Lipinski definition) is 2. The SMILES string of the molecule is Cc1cc(C)cc(NC2CC(N)C2)c1. The fourth-order valence-electron chi connectivity index (χ4n) is 2.07. The van der Waals surface area contributed by atoms with Crippen molar-refractivity contribution < 1.29 is 0 Å². The summed E-state index contributed by atoms with van der Waals surface area (Å²) in [6.45, 7) is 4.26. The smallest absolute Gasteiger partial charge is 0.0347 e. The number of aryl methyl sites for hydroxylation is 2. The summed E-state index contributed by atoms with van der Waals surface area (Å²) in [5, 5.41) is 3.51. The van der Waals surface area contributed by atoms with Gasteiger partial charge in [0, 0.05) is 17.8 Å². The molecular formula is C12H18N2. The van der Waals surface area contributed by atoms with Crippen LogP contribution in [-0.2, 0) is 0 Å². The summed E-state index contributed by atoms with van der Waals surface area (Å²) in [4.78, 5) is 0. The fourth-order valence-corrected chi connectivity index (χ4v) is 2.07. The number of rotatable bonds is 2. The van der Waals surface area contributed by atoms with E-state index in [9.17, 15) is 0 Å². The van der Waals surface area contributed by atoms with Crippen molar-refractivity contribution in [2.24, 2.45) is 5.73 Å². The molecule has 1 fully saturated rings. The Labute approximate surface area is 85.5 Å². The molecule has 0 radical (unpaired) electrons. The van der Waals surface area contributed by atoms with E-state index in [0.717, 1.165) is 12.8 Å². The van der Waals surface area contributed by atoms with Crippen molar-refractivity contribution >= 4 is 5.69 Å². The van der Waals surface area contributed by atoms with E-state index < -0.39 is 0 Å². The monoisotopic (exact) mass is 190 g/mol. The van der Waals surface area contributed by atoms with Gasteiger partial charge in [-0.05, 0) is 49.9 Å². The first-order chi connectivity index (χ1) is 6.63. The standard InChI is InChI=1S/C12H18N2/c1-8-3-9(2)5-11(4-8)14-12-6-10(13)7-12/h3-5,10,12,14H,6-7,13H2,1-2H3. The maximum Gasteiger partial charge on any atom is 0.0347 e. The van der Waals surface area contributed by atoms with Crippen LogP contribution >= 0.6 is 0 Å². The molecule has 0 atom stereocenters. The van der Waals surface area contributed by atoms with Crippen LogP contribution in [-0.4, -0.2) is 12.1 Å². The molecule has 1 aromatic rings. The molecule has 0 spiro atoms. The second kappa shape index (κ2) is 3.62. The molecule has 0 amide bonds. The van der Waals surface area contributed by atoms with Crippen molar-refractivity contribution in [3.05, 3.63) is 29.3 Å². The molecule has 1 aliphatic carbocycles. The first kappa shape index (κ1) is 9.53. The minimum Gasteiger partial charge on any atom is -0.382 e. The molecule has 0 bridgehead atoms. The fraction of sp³-hybridized carbons (Fsp3) is 0.500. The minimum absolute atomic E-state index is 0.415. The third kappa shape index (κ3) is 2.07. The predicted molar refractivity (Wildman–Crippen MR) is 60.5 cm³/mol. The lowest BCUT2D eigenvalue weighted by Gasteiger charge is -2.34. The summed E-state index contributed by atoms with van der Waals surface area (Å²) < 4.78 is 0. The van der Waals surface area contributed by atoms with Crippen LogP contribution in [0, 0.1) is 13.8 Å². The first-order valence-corrected chi connectivity index (χ1v) is 5.24. The number of anilines is 1. The Morgan fingerprint density at radius 2 is 1.71 bits per heavy atom.